The van der Waals surface area contributed by atoms with Crippen LogP contribution in [0, 0.1) is 0 Å². The Bertz CT molecular complexity index is 664. The van der Waals surface area contributed by atoms with Crippen molar-refractivity contribution in [2.24, 2.45) is 0 Å². The van der Waals surface area contributed by atoms with Gasteiger partial charge >= 0.3 is 0 Å². The lowest BCUT2D eigenvalue weighted by molar-refractivity contribution is 0.205. The Hall–Kier alpha value is -1.15. The molecule has 0 amide bonds. The fraction of sp³-hybridized carbons (Fsp3) is 0.700. The molecule has 0 aromatic heterocycles. The van der Waals surface area contributed by atoms with Crippen molar-refractivity contribution in [3.05, 3.63) is 29.8 Å². The largest absolute Gasteiger partial charge is 0.497 e. The summed E-state index contributed by atoms with van der Waals surface area (Å²) in [5.41, 5.74) is 1.13. The Morgan fingerprint density at radius 1 is 1.04 bits per heavy atom. The first-order valence-corrected chi connectivity index (χ1v) is 11.7. The third-order valence-electron chi connectivity index (χ3n) is 5.73. The van der Waals surface area contributed by atoms with E-state index >= 15 is 0 Å². The van der Waals surface area contributed by atoms with E-state index < -0.39 is 10.2 Å². The van der Waals surface area contributed by atoms with Crippen molar-refractivity contribution in [3.8, 4) is 5.75 Å². The minimum Gasteiger partial charge on any atom is -0.497 e. The van der Waals surface area contributed by atoms with Crippen LogP contribution >= 0.6 is 0 Å². The van der Waals surface area contributed by atoms with E-state index in [9.17, 15) is 8.42 Å². The molecule has 1 aliphatic carbocycles. The first-order valence-electron chi connectivity index (χ1n) is 10.2. The second-order valence-electron chi connectivity index (χ2n) is 7.69. The number of nitrogens with zero attached hydrogens (tertiary/aromatic N) is 1. The fourth-order valence-corrected chi connectivity index (χ4v) is 5.32. The Morgan fingerprint density at radius 3 is 2.26 bits per heavy atom. The minimum absolute atomic E-state index is 0.0363. The molecular weight excluding hydrogens is 362 g/mol. The van der Waals surface area contributed by atoms with E-state index in [2.05, 4.69) is 14.3 Å². The highest BCUT2D eigenvalue weighted by Gasteiger charge is 2.25. The lowest BCUT2D eigenvalue weighted by Crippen LogP contribution is -2.45. The molecule has 2 N–H and O–H groups in total. The number of likely N-dealkylation sites (tertiary alicyclic amines) is 1. The highest BCUT2D eigenvalue weighted by atomic mass is 32.2. The Morgan fingerprint density at radius 2 is 1.67 bits per heavy atom. The van der Waals surface area contributed by atoms with E-state index in [4.69, 9.17) is 4.74 Å². The summed E-state index contributed by atoms with van der Waals surface area (Å²) in [4.78, 5) is 2.42. The summed E-state index contributed by atoms with van der Waals surface area (Å²) in [5, 5.41) is 0. The van der Waals surface area contributed by atoms with Crippen LogP contribution < -0.4 is 14.2 Å². The monoisotopic (exact) mass is 395 g/mol. The fourth-order valence-electron chi connectivity index (χ4n) is 4.18. The molecular formula is C20H33N3O3S. The normalized spacial score (nSPS) is 21.1. The van der Waals surface area contributed by atoms with Crippen LogP contribution in [0.4, 0.5) is 0 Å². The Balaban J connectivity index is 1.70. The van der Waals surface area contributed by atoms with E-state index in [1.165, 1.54) is 25.7 Å². The van der Waals surface area contributed by atoms with Gasteiger partial charge < -0.3 is 4.74 Å². The van der Waals surface area contributed by atoms with Gasteiger partial charge in [-0.3, -0.25) is 4.90 Å². The van der Waals surface area contributed by atoms with Gasteiger partial charge in [-0.05, 0) is 56.5 Å². The molecule has 1 unspecified atom stereocenters. The predicted molar refractivity (Wildman–Crippen MR) is 108 cm³/mol. The van der Waals surface area contributed by atoms with Crippen molar-refractivity contribution in [2.45, 2.75) is 63.5 Å². The third-order valence-corrected chi connectivity index (χ3v) is 6.92. The maximum Gasteiger partial charge on any atom is 0.277 e. The van der Waals surface area contributed by atoms with Gasteiger partial charge in [0, 0.05) is 18.6 Å². The molecule has 27 heavy (non-hydrogen) atoms. The zero-order chi connectivity index (χ0) is 19.1. The average Bonchev–Trinajstić information content (AvgIpc) is 3.01. The van der Waals surface area contributed by atoms with Crippen LogP contribution in [0.15, 0.2) is 24.3 Å². The minimum atomic E-state index is -3.48. The lowest BCUT2D eigenvalue weighted by Gasteiger charge is -2.31. The summed E-state index contributed by atoms with van der Waals surface area (Å²) in [7, 11) is -1.82. The molecule has 3 rings (SSSR count). The van der Waals surface area contributed by atoms with Crippen LogP contribution in [0.3, 0.4) is 0 Å². The van der Waals surface area contributed by atoms with E-state index in [1.807, 2.05) is 24.3 Å². The molecule has 0 radical (unpaired) electrons. The second kappa shape index (κ2) is 9.87. The van der Waals surface area contributed by atoms with Crippen LogP contribution in [-0.4, -0.2) is 46.1 Å². The van der Waals surface area contributed by atoms with Crippen LogP contribution in [0.2, 0.25) is 0 Å². The molecule has 1 aromatic rings. The van der Waals surface area contributed by atoms with Crippen molar-refractivity contribution < 1.29 is 13.2 Å². The van der Waals surface area contributed by atoms with Crippen LogP contribution in [0.1, 0.15) is 63.0 Å². The second-order valence-corrected chi connectivity index (χ2v) is 9.22. The van der Waals surface area contributed by atoms with Crippen molar-refractivity contribution in [3.63, 3.8) is 0 Å². The first kappa shape index (κ1) is 20.6. The number of hydrogen-bond donors (Lipinski definition) is 2. The molecule has 2 aliphatic rings. The van der Waals surface area contributed by atoms with Crippen LogP contribution in [0.5, 0.6) is 5.75 Å². The maximum atomic E-state index is 12.5. The topological polar surface area (TPSA) is 70.7 Å². The van der Waals surface area contributed by atoms with Crippen molar-refractivity contribution in [1.82, 2.24) is 14.3 Å². The van der Waals surface area contributed by atoms with E-state index in [-0.39, 0.29) is 12.1 Å². The molecule has 1 atom stereocenters. The van der Waals surface area contributed by atoms with Crippen LogP contribution in [0.25, 0.3) is 0 Å². The van der Waals surface area contributed by atoms with Crippen LogP contribution in [-0.2, 0) is 10.2 Å². The summed E-state index contributed by atoms with van der Waals surface area (Å²) in [5.74, 6) is 0.817. The van der Waals surface area contributed by atoms with Gasteiger partial charge in [0.1, 0.15) is 5.75 Å². The SMILES string of the molecule is COc1ccc(C(CNS(=O)(=O)NC2CCCC2)N2CCCCCC2)cc1. The highest BCUT2D eigenvalue weighted by Crippen LogP contribution is 2.26. The zero-order valence-electron chi connectivity index (χ0n) is 16.3. The van der Waals surface area contributed by atoms with Crippen molar-refractivity contribution in [1.29, 1.82) is 0 Å². The van der Waals surface area contributed by atoms with Gasteiger partial charge in [-0.2, -0.15) is 13.1 Å². The number of rotatable bonds is 8. The summed E-state index contributed by atoms with van der Waals surface area (Å²) < 4.78 is 35.9. The number of nitrogens with one attached hydrogen (secondary N) is 2. The van der Waals surface area contributed by atoms with Gasteiger partial charge in [-0.1, -0.05) is 37.8 Å². The summed E-state index contributed by atoms with van der Waals surface area (Å²) in [6.07, 6.45) is 8.93. The molecule has 0 spiro atoms. The van der Waals surface area contributed by atoms with E-state index in [0.29, 0.717) is 6.54 Å². The summed E-state index contributed by atoms with van der Waals surface area (Å²) in [6.45, 7) is 2.40. The molecule has 1 saturated carbocycles. The highest BCUT2D eigenvalue weighted by molar-refractivity contribution is 7.87. The quantitative estimate of drug-likeness (QED) is 0.710. The number of benzene rings is 1. The zero-order valence-corrected chi connectivity index (χ0v) is 17.1. The molecule has 152 valence electrons. The van der Waals surface area contributed by atoms with Crippen molar-refractivity contribution in [2.75, 3.05) is 26.7 Å². The van der Waals surface area contributed by atoms with Gasteiger partial charge in [0.15, 0.2) is 0 Å². The van der Waals surface area contributed by atoms with Crippen molar-refractivity contribution >= 4 is 10.2 Å². The molecule has 1 aromatic carbocycles. The van der Waals surface area contributed by atoms with Gasteiger partial charge in [0.2, 0.25) is 0 Å². The molecule has 1 aliphatic heterocycles. The molecule has 7 heteroatoms. The smallest absolute Gasteiger partial charge is 0.277 e. The molecule has 6 nitrogen and oxygen atoms in total. The van der Waals surface area contributed by atoms with Gasteiger partial charge in [0.05, 0.1) is 7.11 Å². The third kappa shape index (κ3) is 6.17. The van der Waals surface area contributed by atoms with Gasteiger partial charge in [0.25, 0.3) is 10.2 Å². The number of ether oxygens (including phenoxy) is 1. The number of methoxy groups -OCH3 is 1. The molecule has 0 bridgehead atoms. The predicted octanol–water partition coefficient (Wildman–Crippen LogP) is 2.98. The Kier molecular flexibility index (Phi) is 7.52. The average molecular weight is 396 g/mol. The van der Waals surface area contributed by atoms with Gasteiger partial charge in [-0.15, -0.1) is 0 Å². The lowest BCUT2D eigenvalue weighted by atomic mass is 10.0. The number of hydrogen-bond acceptors (Lipinski definition) is 4. The molecule has 1 saturated heterocycles. The first-order chi connectivity index (χ1) is 13.1. The van der Waals surface area contributed by atoms with E-state index in [1.54, 1.807) is 7.11 Å². The molecule has 1 heterocycles. The molecule has 2 fully saturated rings. The standard InChI is InChI=1S/C20H33N3O3S/c1-26-19-12-10-17(11-13-19)20(23-14-6-2-3-7-15-23)16-21-27(24,25)22-18-8-4-5-9-18/h10-13,18,20-22H,2-9,14-16H2,1H3. The maximum absolute atomic E-state index is 12.5. The summed E-state index contributed by atoms with van der Waals surface area (Å²) in [6, 6.07) is 8.12. The van der Waals surface area contributed by atoms with E-state index in [0.717, 1.165) is 50.1 Å². The Labute approximate surface area is 163 Å². The van der Waals surface area contributed by atoms with Gasteiger partial charge in [-0.25, -0.2) is 4.72 Å². The summed E-state index contributed by atoms with van der Waals surface area (Å²) >= 11 is 0.